The largest absolute Gasteiger partial charge is 0.418 e. The van der Waals surface area contributed by atoms with Gasteiger partial charge in [-0.05, 0) is 24.3 Å². The summed E-state index contributed by atoms with van der Waals surface area (Å²) in [5, 5.41) is 12.7. The van der Waals surface area contributed by atoms with E-state index in [0.717, 1.165) is 6.07 Å². The fourth-order valence-electron chi connectivity index (χ4n) is 2.55. The van der Waals surface area contributed by atoms with E-state index in [0.29, 0.717) is 30.0 Å². The van der Waals surface area contributed by atoms with Gasteiger partial charge in [-0.3, -0.25) is 14.9 Å². The van der Waals surface area contributed by atoms with Gasteiger partial charge in [0.05, 0.1) is 27.3 Å². The second kappa shape index (κ2) is 9.72. The zero-order valence-corrected chi connectivity index (χ0v) is 17.5. The Morgan fingerprint density at radius 2 is 1.47 bits per heavy atom. The highest BCUT2D eigenvalue weighted by atomic mass is 32.2. The van der Waals surface area contributed by atoms with Crippen molar-refractivity contribution in [2.75, 3.05) is 11.1 Å². The molecule has 0 saturated heterocycles. The maximum Gasteiger partial charge on any atom is 0.418 e. The summed E-state index contributed by atoms with van der Waals surface area (Å²) in [5.74, 6) is -2.57. The fourth-order valence-corrected chi connectivity index (χ4v) is 3.57. The van der Waals surface area contributed by atoms with Crippen LogP contribution in [0, 0.1) is 16.0 Å². The molecule has 186 valence electrons. The molecule has 5 nitrogen and oxygen atoms in total. The predicted molar refractivity (Wildman–Crippen MR) is 103 cm³/mol. The number of nitrogens with zero attached hydrogens (tertiary/aromatic N) is 1. The number of anilines is 1. The van der Waals surface area contributed by atoms with Crippen LogP contribution in [0.5, 0.6) is 0 Å². The number of carbonyl (C=O) groups is 1. The van der Waals surface area contributed by atoms with Crippen LogP contribution >= 0.6 is 11.8 Å². The normalized spacial score (nSPS) is 13.5. The summed E-state index contributed by atoms with van der Waals surface area (Å²) in [6, 6.07) is 2.47. The van der Waals surface area contributed by atoms with Gasteiger partial charge < -0.3 is 5.32 Å². The van der Waals surface area contributed by atoms with Crippen molar-refractivity contribution in [1.29, 1.82) is 0 Å². The van der Waals surface area contributed by atoms with Crippen LogP contribution in [-0.4, -0.2) is 16.6 Å². The number of amides is 1. The molecule has 34 heavy (non-hydrogen) atoms. The maximum atomic E-state index is 13.2. The molecule has 0 radical (unpaired) electrons. The van der Waals surface area contributed by atoms with E-state index in [2.05, 4.69) is 0 Å². The highest BCUT2D eigenvalue weighted by molar-refractivity contribution is 7.99. The number of hydrogen-bond donors (Lipinski definition) is 1. The van der Waals surface area contributed by atoms with Crippen LogP contribution in [0.4, 0.5) is 50.9 Å². The lowest BCUT2D eigenvalue weighted by Crippen LogP contribution is -2.24. The Bertz CT molecular complexity index is 1050. The lowest BCUT2D eigenvalue weighted by atomic mass is 10.1. The van der Waals surface area contributed by atoms with Gasteiger partial charge in [0.25, 0.3) is 5.69 Å². The van der Waals surface area contributed by atoms with Crippen molar-refractivity contribution in [1.82, 2.24) is 0 Å². The molecule has 0 bridgehead atoms. The number of alkyl halides is 9. The quantitative estimate of drug-likeness (QED) is 0.192. The number of nitro benzene ring substituents is 1. The molecule has 1 atom stereocenters. The number of hydrogen-bond acceptors (Lipinski definition) is 4. The van der Waals surface area contributed by atoms with Gasteiger partial charge in [0.1, 0.15) is 0 Å². The number of carbonyl (C=O) groups excluding carboxylic acids is 1. The van der Waals surface area contributed by atoms with E-state index in [4.69, 9.17) is 0 Å². The number of non-ortho nitro benzene ring substituents is 1. The highest BCUT2D eigenvalue weighted by Gasteiger charge is 2.38. The average Bonchev–Trinajstić information content (AvgIpc) is 2.69. The van der Waals surface area contributed by atoms with E-state index < -0.39 is 68.2 Å². The zero-order valence-electron chi connectivity index (χ0n) is 16.7. The molecule has 0 saturated carbocycles. The first kappa shape index (κ1) is 27.3. The van der Waals surface area contributed by atoms with Crippen LogP contribution in [0.3, 0.4) is 0 Å². The van der Waals surface area contributed by atoms with Gasteiger partial charge in [0.15, 0.2) is 0 Å². The minimum absolute atomic E-state index is 0.0620. The summed E-state index contributed by atoms with van der Waals surface area (Å²) in [5.41, 5.74) is -6.27. The smallest absolute Gasteiger partial charge is 0.325 e. The monoisotopic (exact) mass is 520 g/mol. The Kier molecular flexibility index (Phi) is 7.80. The SMILES string of the molecule is CC(CSc1cc(C(F)(F)F)cc(C(F)(F)F)c1)C(=O)Nc1ccc([N+](=O)[O-])cc1C(F)(F)F. The Balaban J connectivity index is 2.21. The van der Waals surface area contributed by atoms with E-state index in [1.807, 2.05) is 5.32 Å². The molecular weight excluding hydrogens is 507 g/mol. The summed E-state index contributed by atoms with van der Waals surface area (Å²) in [4.78, 5) is 21.5. The van der Waals surface area contributed by atoms with Gasteiger partial charge in [0.2, 0.25) is 5.91 Å². The number of nitro groups is 1. The van der Waals surface area contributed by atoms with Crippen LogP contribution in [0.2, 0.25) is 0 Å². The molecule has 1 amide bonds. The first-order valence-electron chi connectivity index (χ1n) is 8.98. The molecule has 15 heteroatoms. The van der Waals surface area contributed by atoms with E-state index in [1.54, 1.807) is 0 Å². The highest BCUT2D eigenvalue weighted by Crippen LogP contribution is 2.39. The summed E-state index contributed by atoms with van der Waals surface area (Å²) >= 11 is 0.472. The van der Waals surface area contributed by atoms with Crippen LogP contribution in [0.1, 0.15) is 23.6 Å². The van der Waals surface area contributed by atoms with Crippen LogP contribution in [-0.2, 0) is 23.3 Å². The Hall–Kier alpha value is -2.97. The lowest BCUT2D eigenvalue weighted by Gasteiger charge is -2.17. The molecule has 2 aromatic carbocycles. The summed E-state index contributed by atoms with van der Waals surface area (Å²) in [7, 11) is 0. The molecule has 0 aliphatic rings. The van der Waals surface area contributed by atoms with Gasteiger partial charge in [-0.1, -0.05) is 6.92 Å². The third-order valence-corrected chi connectivity index (χ3v) is 5.52. The second-order valence-electron chi connectivity index (χ2n) is 6.93. The van der Waals surface area contributed by atoms with Crippen molar-refractivity contribution in [2.24, 2.45) is 5.92 Å². The molecule has 0 aliphatic carbocycles. The summed E-state index contributed by atoms with van der Waals surface area (Å²) < 4.78 is 117. The minimum atomic E-state index is -5.07. The molecular formula is C19H13F9N2O3S. The molecule has 1 N–H and O–H groups in total. The molecule has 2 rings (SSSR count). The molecule has 2 aromatic rings. The summed E-state index contributed by atoms with van der Waals surface area (Å²) in [6.07, 6.45) is -15.2. The number of halogens is 9. The average molecular weight is 520 g/mol. The standard InChI is InChI=1S/C19H13F9N2O3S/c1-9(8-34-13-5-10(17(20,21)22)4-11(6-13)18(23,24)25)16(31)29-15-3-2-12(30(32)33)7-14(15)19(26,27)28/h2-7,9H,8H2,1H3,(H,29,31). The van der Waals surface area contributed by atoms with Gasteiger partial charge in [0, 0.05) is 28.7 Å². The molecule has 0 spiro atoms. The number of nitrogens with one attached hydrogen (secondary N) is 1. The zero-order chi connectivity index (χ0) is 26.1. The van der Waals surface area contributed by atoms with Gasteiger partial charge in [-0.25, -0.2) is 0 Å². The van der Waals surface area contributed by atoms with E-state index in [9.17, 15) is 54.4 Å². The first-order chi connectivity index (χ1) is 15.4. The van der Waals surface area contributed by atoms with E-state index in [-0.39, 0.29) is 17.9 Å². The molecule has 0 heterocycles. The Labute approximate surface area is 189 Å². The van der Waals surface area contributed by atoms with Crippen molar-refractivity contribution in [2.45, 2.75) is 30.3 Å². The molecule has 0 aliphatic heterocycles. The van der Waals surface area contributed by atoms with Crippen molar-refractivity contribution in [3.05, 3.63) is 63.2 Å². The topological polar surface area (TPSA) is 72.2 Å². The number of benzene rings is 2. The predicted octanol–water partition coefficient (Wildman–Crippen LogP) is 7.02. The molecule has 1 unspecified atom stereocenters. The van der Waals surface area contributed by atoms with Crippen LogP contribution in [0.15, 0.2) is 41.3 Å². The third-order valence-electron chi connectivity index (χ3n) is 4.29. The fraction of sp³-hybridized carbons (Fsp3) is 0.316. The molecule has 0 aromatic heterocycles. The molecule has 0 fully saturated rings. The van der Waals surface area contributed by atoms with Crippen LogP contribution < -0.4 is 5.32 Å². The van der Waals surface area contributed by atoms with Gasteiger partial charge in [-0.2, -0.15) is 39.5 Å². The number of thioether (sulfide) groups is 1. The number of rotatable bonds is 6. The van der Waals surface area contributed by atoms with Crippen molar-refractivity contribution < 1.29 is 49.2 Å². The minimum Gasteiger partial charge on any atom is -0.325 e. The Morgan fingerprint density at radius 3 is 1.91 bits per heavy atom. The maximum absolute atomic E-state index is 13.2. The van der Waals surface area contributed by atoms with Gasteiger partial charge >= 0.3 is 18.5 Å². The summed E-state index contributed by atoms with van der Waals surface area (Å²) in [6.45, 7) is 1.19. The first-order valence-corrected chi connectivity index (χ1v) is 9.97. The van der Waals surface area contributed by atoms with Crippen molar-refractivity contribution >= 4 is 29.0 Å². The van der Waals surface area contributed by atoms with Gasteiger partial charge in [-0.15, -0.1) is 11.8 Å². The van der Waals surface area contributed by atoms with Crippen molar-refractivity contribution in [3.8, 4) is 0 Å². The van der Waals surface area contributed by atoms with E-state index in [1.165, 1.54) is 6.92 Å². The third kappa shape index (κ3) is 7.01. The van der Waals surface area contributed by atoms with Crippen LogP contribution in [0.25, 0.3) is 0 Å². The Morgan fingerprint density at radius 1 is 0.941 bits per heavy atom. The second-order valence-corrected chi connectivity index (χ2v) is 8.02. The van der Waals surface area contributed by atoms with Crippen molar-refractivity contribution in [3.63, 3.8) is 0 Å². The lowest BCUT2D eigenvalue weighted by molar-refractivity contribution is -0.385. The van der Waals surface area contributed by atoms with E-state index >= 15 is 0 Å².